The fourth-order valence-electron chi connectivity index (χ4n) is 6.96. The summed E-state index contributed by atoms with van der Waals surface area (Å²) in [7, 11) is 2.49. The number of carbonyl (C=O) groups excluding carboxylic acids is 3. The molecule has 2 aromatic rings. The van der Waals surface area contributed by atoms with Gasteiger partial charge >= 0.3 is 11.9 Å². The summed E-state index contributed by atoms with van der Waals surface area (Å²) in [6.07, 6.45) is 0.434. The van der Waals surface area contributed by atoms with E-state index in [2.05, 4.69) is 0 Å². The van der Waals surface area contributed by atoms with Crippen LogP contribution >= 0.6 is 0 Å². The molecule has 4 rings (SSSR count). The standard InChI is InChI=1S/C27H30O7/c1-15-13-26(24(31)33-3)21(17-7-5-9-19(28)11-17)16(2)22(18-8-6-10-20(29)12-18)27(14-15,23(26)30)25(32)34-4/h5-12,15-16,21-22,28-29H,13-14H2,1-4H3. The average molecular weight is 467 g/mol. The maximum atomic E-state index is 14.6. The van der Waals surface area contributed by atoms with Crippen molar-refractivity contribution in [2.45, 2.75) is 38.5 Å². The molecular formula is C27H30O7. The van der Waals surface area contributed by atoms with Gasteiger partial charge in [0.1, 0.15) is 22.3 Å². The van der Waals surface area contributed by atoms with Crippen LogP contribution in [-0.4, -0.2) is 42.2 Å². The maximum Gasteiger partial charge on any atom is 0.320 e. The van der Waals surface area contributed by atoms with Crippen molar-refractivity contribution < 1.29 is 34.1 Å². The van der Waals surface area contributed by atoms with Crippen molar-refractivity contribution in [2.24, 2.45) is 22.7 Å². The molecule has 0 saturated heterocycles. The first-order valence-corrected chi connectivity index (χ1v) is 11.4. The number of methoxy groups -OCH3 is 2. The number of carbonyl (C=O) groups is 3. The van der Waals surface area contributed by atoms with Crippen molar-refractivity contribution in [3.8, 4) is 11.5 Å². The van der Waals surface area contributed by atoms with Crippen LogP contribution < -0.4 is 0 Å². The maximum absolute atomic E-state index is 14.6. The van der Waals surface area contributed by atoms with Gasteiger partial charge in [0.25, 0.3) is 0 Å². The van der Waals surface area contributed by atoms with E-state index < -0.39 is 46.3 Å². The number of aromatic hydroxyl groups is 2. The van der Waals surface area contributed by atoms with Crippen LogP contribution in [0.3, 0.4) is 0 Å². The lowest BCUT2D eigenvalue weighted by molar-refractivity contribution is -0.189. The van der Waals surface area contributed by atoms with E-state index in [1.54, 1.807) is 36.4 Å². The van der Waals surface area contributed by atoms with Gasteiger partial charge in [-0.05, 0) is 60.1 Å². The summed E-state index contributed by atoms with van der Waals surface area (Å²) in [4.78, 5) is 41.6. The van der Waals surface area contributed by atoms with Gasteiger partial charge in [-0.3, -0.25) is 14.4 Å². The molecule has 0 radical (unpaired) electrons. The number of rotatable bonds is 4. The zero-order valence-corrected chi connectivity index (χ0v) is 19.8. The number of benzene rings is 2. The van der Waals surface area contributed by atoms with Crippen LogP contribution in [0.15, 0.2) is 48.5 Å². The van der Waals surface area contributed by atoms with E-state index in [1.807, 2.05) is 13.8 Å². The van der Waals surface area contributed by atoms with Gasteiger partial charge in [0, 0.05) is 11.8 Å². The third-order valence-corrected chi connectivity index (χ3v) is 7.82. The third kappa shape index (κ3) is 3.21. The molecule has 4 atom stereocenters. The molecule has 2 aliphatic rings. The number of fused-ring (bicyclic) bond motifs is 2. The van der Waals surface area contributed by atoms with Crippen LogP contribution in [0, 0.1) is 22.7 Å². The number of ketones is 1. The lowest BCUT2D eigenvalue weighted by Gasteiger charge is -2.59. The quantitative estimate of drug-likeness (QED) is 0.519. The summed E-state index contributed by atoms with van der Waals surface area (Å²) in [5.41, 5.74) is -2.02. The van der Waals surface area contributed by atoms with Crippen LogP contribution in [0.5, 0.6) is 11.5 Å². The Bertz CT molecular complexity index is 1060. The molecule has 2 aliphatic carbocycles. The zero-order valence-electron chi connectivity index (χ0n) is 19.8. The zero-order chi connectivity index (χ0) is 24.8. The van der Waals surface area contributed by atoms with Gasteiger partial charge in [-0.1, -0.05) is 38.1 Å². The van der Waals surface area contributed by atoms with Crippen LogP contribution in [0.4, 0.5) is 0 Å². The van der Waals surface area contributed by atoms with E-state index in [1.165, 1.54) is 26.4 Å². The lowest BCUT2D eigenvalue weighted by Crippen LogP contribution is -2.67. The number of ether oxygens (including phenoxy) is 2. The Hall–Kier alpha value is -3.35. The largest absolute Gasteiger partial charge is 0.508 e. The molecule has 34 heavy (non-hydrogen) atoms. The monoisotopic (exact) mass is 466 g/mol. The molecule has 0 aliphatic heterocycles. The highest BCUT2D eigenvalue weighted by molar-refractivity contribution is 6.17. The Balaban J connectivity index is 2.09. The van der Waals surface area contributed by atoms with Gasteiger partial charge in [0.2, 0.25) is 0 Å². The summed E-state index contributed by atoms with van der Waals surface area (Å²) in [5, 5.41) is 20.5. The molecule has 180 valence electrons. The molecule has 2 bridgehead atoms. The van der Waals surface area contributed by atoms with Crippen molar-refractivity contribution in [1.82, 2.24) is 0 Å². The Morgan fingerprint density at radius 2 is 1.24 bits per heavy atom. The highest BCUT2D eigenvalue weighted by Gasteiger charge is 2.74. The number of Topliss-reactive ketones (excluding diaryl/α,β-unsaturated/α-hetero) is 1. The van der Waals surface area contributed by atoms with E-state index in [4.69, 9.17) is 9.47 Å². The van der Waals surface area contributed by atoms with Crippen LogP contribution in [0.25, 0.3) is 0 Å². The normalized spacial score (nSPS) is 32.6. The third-order valence-electron chi connectivity index (χ3n) is 7.82. The molecule has 0 amide bonds. The van der Waals surface area contributed by atoms with E-state index >= 15 is 0 Å². The topological polar surface area (TPSA) is 110 Å². The van der Waals surface area contributed by atoms with Gasteiger partial charge in [-0.2, -0.15) is 0 Å². The van der Waals surface area contributed by atoms with Gasteiger partial charge in [-0.15, -0.1) is 0 Å². The Kier molecular flexibility index (Phi) is 5.92. The summed E-state index contributed by atoms with van der Waals surface area (Å²) in [6, 6.07) is 13.1. The van der Waals surface area contributed by atoms with Crippen LogP contribution in [0.2, 0.25) is 0 Å². The predicted octanol–water partition coefficient (Wildman–Crippen LogP) is 3.93. The predicted molar refractivity (Wildman–Crippen MR) is 123 cm³/mol. The van der Waals surface area contributed by atoms with Crippen molar-refractivity contribution >= 4 is 17.7 Å². The Morgan fingerprint density at radius 3 is 1.59 bits per heavy atom. The SMILES string of the molecule is COC(=O)C12CC(C)CC(C(=O)OC)(C1=O)C(c1cccc(O)c1)C(C)C2c1cccc(O)c1. The molecule has 7 nitrogen and oxygen atoms in total. The molecular weight excluding hydrogens is 436 g/mol. The molecule has 2 N–H and O–H groups in total. The van der Waals surface area contributed by atoms with Gasteiger partial charge in [0.15, 0.2) is 5.78 Å². The molecule has 0 spiro atoms. The second-order valence-corrected chi connectivity index (χ2v) is 9.77. The van der Waals surface area contributed by atoms with E-state index in [0.29, 0.717) is 11.1 Å². The fraction of sp³-hybridized carbons (Fsp3) is 0.444. The highest BCUT2D eigenvalue weighted by Crippen LogP contribution is 2.67. The fourth-order valence-corrected chi connectivity index (χ4v) is 6.96. The van der Waals surface area contributed by atoms with Crippen LogP contribution in [-0.2, 0) is 23.9 Å². The number of esters is 2. The Morgan fingerprint density at radius 1 is 0.824 bits per heavy atom. The molecule has 0 heterocycles. The van der Waals surface area contributed by atoms with Gasteiger partial charge < -0.3 is 19.7 Å². The second-order valence-electron chi connectivity index (χ2n) is 9.77. The summed E-state index contributed by atoms with van der Waals surface area (Å²) < 4.78 is 10.4. The first kappa shape index (κ1) is 23.8. The van der Waals surface area contributed by atoms with Gasteiger partial charge in [0.05, 0.1) is 14.2 Å². The molecule has 0 aromatic heterocycles. The molecule has 4 unspecified atom stereocenters. The first-order chi connectivity index (χ1) is 16.1. The molecule has 2 fully saturated rings. The minimum Gasteiger partial charge on any atom is -0.508 e. The molecule has 7 heteroatoms. The van der Waals surface area contributed by atoms with Crippen molar-refractivity contribution in [1.29, 1.82) is 0 Å². The number of phenolic OH excluding ortho intramolecular Hbond substituents is 2. The second kappa shape index (κ2) is 8.46. The van der Waals surface area contributed by atoms with E-state index in [0.717, 1.165) is 0 Å². The van der Waals surface area contributed by atoms with Gasteiger partial charge in [-0.25, -0.2) is 0 Å². The highest BCUT2D eigenvalue weighted by atomic mass is 16.5. The number of phenols is 2. The van der Waals surface area contributed by atoms with Crippen LogP contribution in [0.1, 0.15) is 49.7 Å². The average Bonchev–Trinajstić information content (AvgIpc) is 2.80. The summed E-state index contributed by atoms with van der Waals surface area (Å²) >= 11 is 0. The minimum absolute atomic E-state index is 0.0136. The number of hydrogen-bond acceptors (Lipinski definition) is 7. The van der Waals surface area contributed by atoms with E-state index in [9.17, 15) is 24.6 Å². The van der Waals surface area contributed by atoms with E-state index in [-0.39, 0.29) is 30.3 Å². The first-order valence-electron chi connectivity index (χ1n) is 11.4. The minimum atomic E-state index is -1.62. The summed E-state index contributed by atoms with van der Waals surface area (Å²) in [6.45, 7) is 3.82. The van der Waals surface area contributed by atoms with Crippen molar-refractivity contribution in [3.05, 3.63) is 59.7 Å². The smallest absolute Gasteiger partial charge is 0.320 e. The lowest BCUT2D eigenvalue weighted by atomic mass is 9.40. The number of hydrogen-bond donors (Lipinski definition) is 2. The van der Waals surface area contributed by atoms with Crippen molar-refractivity contribution in [3.63, 3.8) is 0 Å². The Labute approximate surface area is 198 Å². The summed E-state index contributed by atoms with van der Waals surface area (Å²) in [5.74, 6) is -3.82. The molecule has 2 saturated carbocycles. The molecule has 2 aromatic carbocycles. The van der Waals surface area contributed by atoms with Crippen molar-refractivity contribution in [2.75, 3.05) is 14.2 Å².